The number of rotatable bonds is 5. The van der Waals surface area contributed by atoms with Crippen LogP contribution in [0.4, 0.5) is 0 Å². The Morgan fingerprint density at radius 2 is 1.88 bits per heavy atom. The predicted molar refractivity (Wildman–Crippen MR) is 123 cm³/mol. The van der Waals surface area contributed by atoms with E-state index in [1.807, 2.05) is 61.0 Å². The van der Waals surface area contributed by atoms with Crippen molar-refractivity contribution < 1.29 is 4.74 Å². The van der Waals surface area contributed by atoms with Gasteiger partial charge < -0.3 is 15.0 Å². The molecule has 160 valence electrons. The van der Waals surface area contributed by atoms with E-state index in [2.05, 4.69) is 21.0 Å². The molecule has 2 N–H and O–H groups in total. The van der Waals surface area contributed by atoms with Crippen LogP contribution in [-0.4, -0.2) is 27.3 Å². The summed E-state index contributed by atoms with van der Waals surface area (Å²) in [5, 5.41) is 9.93. The zero-order valence-corrected chi connectivity index (χ0v) is 18.3. The van der Waals surface area contributed by atoms with Crippen LogP contribution in [-0.2, 0) is 11.2 Å². The molecule has 1 aromatic carbocycles. The van der Waals surface area contributed by atoms with Crippen molar-refractivity contribution in [2.75, 3.05) is 7.05 Å². The number of benzene rings is 1. The predicted octanol–water partition coefficient (Wildman–Crippen LogP) is 3.97. The van der Waals surface area contributed by atoms with E-state index >= 15 is 0 Å². The van der Waals surface area contributed by atoms with E-state index in [0.29, 0.717) is 17.8 Å². The monoisotopic (exact) mass is 424 g/mol. The lowest BCUT2D eigenvalue weighted by molar-refractivity contribution is 0.283. The highest BCUT2D eigenvalue weighted by molar-refractivity contribution is 6.04. The second kappa shape index (κ2) is 8.90. The third kappa shape index (κ3) is 3.91. The quantitative estimate of drug-likeness (QED) is 0.625. The van der Waals surface area contributed by atoms with Gasteiger partial charge in [0.15, 0.2) is 0 Å². The maximum Gasteiger partial charge on any atom is 0.205 e. The second-order valence-electron chi connectivity index (χ2n) is 7.53. The first kappa shape index (κ1) is 21.1. The molecular weight excluding hydrogens is 400 g/mol. The molecule has 0 bridgehead atoms. The van der Waals surface area contributed by atoms with E-state index in [1.54, 1.807) is 25.6 Å². The van der Waals surface area contributed by atoms with Gasteiger partial charge in [-0.1, -0.05) is 12.1 Å². The Bertz CT molecular complexity index is 1260. The number of hydrogen-bond acceptors (Lipinski definition) is 6. The van der Waals surface area contributed by atoms with Crippen LogP contribution in [0, 0.1) is 18.3 Å². The molecule has 3 heterocycles. The first-order chi connectivity index (χ1) is 15.5. The molecule has 0 aliphatic carbocycles. The fourth-order valence-corrected chi connectivity index (χ4v) is 4.05. The third-order valence-electron chi connectivity index (χ3n) is 5.64. The molecule has 32 heavy (non-hydrogen) atoms. The van der Waals surface area contributed by atoms with E-state index in [-0.39, 0.29) is 11.8 Å². The molecule has 0 radical (unpaired) electrons. The van der Waals surface area contributed by atoms with Gasteiger partial charge in [0, 0.05) is 55.2 Å². The summed E-state index contributed by atoms with van der Waals surface area (Å²) in [6, 6.07) is 14.2. The van der Waals surface area contributed by atoms with Crippen LogP contribution in [0.25, 0.3) is 5.69 Å². The zero-order valence-electron chi connectivity index (χ0n) is 18.3. The Morgan fingerprint density at radius 1 is 1.16 bits per heavy atom. The Balaban J connectivity index is 1.78. The molecule has 1 unspecified atom stereocenters. The van der Waals surface area contributed by atoms with E-state index in [1.165, 1.54) is 0 Å². The molecule has 1 aliphatic heterocycles. The standard InChI is InChI=1S/C25H24N6O/c1-16-23(22(28-3)14-18-8-10-29-11-9-18)24(21(15-26)25(27)32-16)19-4-6-20(7-5-19)31-13-12-30-17(31)2/h4-13,24H,14,27H2,1-3H3. The van der Waals surface area contributed by atoms with Crippen molar-refractivity contribution >= 4 is 5.71 Å². The van der Waals surface area contributed by atoms with Gasteiger partial charge in [-0.2, -0.15) is 5.26 Å². The van der Waals surface area contributed by atoms with Crippen molar-refractivity contribution in [2.24, 2.45) is 10.7 Å². The number of aliphatic imine (C=N–C) groups is 1. The average molecular weight is 425 g/mol. The smallest absolute Gasteiger partial charge is 0.205 e. The summed E-state index contributed by atoms with van der Waals surface area (Å²) in [6.07, 6.45) is 7.80. The molecule has 0 spiro atoms. The molecule has 1 aliphatic rings. The summed E-state index contributed by atoms with van der Waals surface area (Å²) < 4.78 is 7.79. The molecule has 7 nitrogen and oxygen atoms in total. The van der Waals surface area contributed by atoms with Gasteiger partial charge in [-0.15, -0.1) is 0 Å². The molecule has 0 fully saturated rings. The third-order valence-corrected chi connectivity index (χ3v) is 5.64. The average Bonchev–Trinajstić information content (AvgIpc) is 3.24. The lowest BCUT2D eigenvalue weighted by Gasteiger charge is -2.29. The van der Waals surface area contributed by atoms with Crippen molar-refractivity contribution in [1.29, 1.82) is 5.26 Å². The van der Waals surface area contributed by atoms with Crippen LogP contribution in [0.2, 0.25) is 0 Å². The minimum atomic E-state index is -0.368. The number of pyridine rings is 1. The van der Waals surface area contributed by atoms with Gasteiger partial charge in [-0.05, 0) is 49.2 Å². The lowest BCUT2D eigenvalue weighted by Crippen LogP contribution is -2.25. The molecule has 4 rings (SSSR count). The van der Waals surface area contributed by atoms with Crippen molar-refractivity contribution in [3.05, 3.63) is 101 Å². The largest absolute Gasteiger partial charge is 0.445 e. The first-order valence-corrected chi connectivity index (χ1v) is 10.3. The van der Waals surface area contributed by atoms with Gasteiger partial charge in [0.25, 0.3) is 0 Å². The van der Waals surface area contributed by atoms with E-state index in [0.717, 1.165) is 33.9 Å². The van der Waals surface area contributed by atoms with E-state index in [9.17, 15) is 5.26 Å². The second-order valence-corrected chi connectivity index (χ2v) is 7.53. The Kier molecular flexibility index (Phi) is 5.86. The van der Waals surface area contributed by atoms with Crippen LogP contribution in [0.5, 0.6) is 0 Å². The topological polar surface area (TPSA) is 102 Å². The minimum absolute atomic E-state index is 0.132. The minimum Gasteiger partial charge on any atom is -0.445 e. The highest BCUT2D eigenvalue weighted by Crippen LogP contribution is 2.40. The highest BCUT2D eigenvalue weighted by atomic mass is 16.5. The number of allylic oxidation sites excluding steroid dienone is 3. The fraction of sp³-hybridized carbons (Fsp3) is 0.200. The number of imidazole rings is 1. The van der Waals surface area contributed by atoms with Crippen molar-refractivity contribution in [1.82, 2.24) is 14.5 Å². The number of ether oxygens (including phenoxy) is 1. The summed E-state index contributed by atoms with van der Waals surface area (Å²) in [7, 11) is 1.76. The number of aryl methyl sites for hydroxylation is 1. The summed E-state index contributed by atoms with van der Waals surface area (Å²) in [4.78, 5) is 12.9. The SMILES string of the molecule is CN=C(Cc1ccncc1)C1=C(C)OC(N)=C(C#N)C1c1ccc(-n2ccnc2C)cc1. The number of nitriles is 1. The number of nitrogens with zero attached hydrogens (tertiary/aromatic N) is 5. The maximum atomic E-state index is 9.93. The molecule has 2 aromatic heterocycles. The van der Waals surface area contributed by atoms with E-state index in [4.69, 9.17) is 10.5 Å². The van der Waals surface area contributed by atoms with Crippen molar-refractivity contribution in [3.63, 3.8) is 0 Å². The van der Waals surface area contributed by atoms with Crippen LogP contribution in [0.1, 0.15) is 29.8 Å². The van der Waals surface area contributed by atoms with E-state index < -0.39 is 0 Å². The summed E-state index contributed by atoms with van der Waals surface area (Å²) in [5.74, 6) is 1.32. The normalized spacial score (nSPS) is 16.7. The summed E-state index contributed by atoms with van der Waals surface area (Å²) >= 11 is 0. The molecule has 0 saturated heterocycles. The fourth-order valence-electron chi connectivity index (χ4n) is 4.05. The van der Waals surface area contributed by atoms with Gasteiger partial charge in [0.2, 0.25) is 5.88 Å². The van der Waals surface area contributed by atoms with Gasteiger partial charge in [-0.25, -0.2) is 4.98 Å². The number of nitrogens with two attached hydrogens (primary N) is 1. The lowest BCUT2D eigenvalue weighted by atomic mass is 9.79. The van der Waals surface area contributed by atoms with Crippen molar-refractivity contribution in [3.8, 4) is 11.8 Å². The summed E-state index contributed by atoms with van der Waals surface area (Å²) in [6.45, 7) is 3.82. The van der Waals surface area contributed by atoms with Crippen LogP contribution in [0.15, 0.2) is 89.0 Å². The van der Waals surface area contributed by atoms with Crippen molar-refractivity contribution in [2.45, 2.75) is 26.2 Å². The van der Waals surface area contributed by atoms with Gasteiger partial charge in [-0.3, -0.25) is 9.98 Å². The Morgan fingerprint density at radius 3 is 2.47 bits per heavy atom. The maximum absolute atomic E-state index is 9.93. The van der Waals surface area contributed by atoms with Gasteiger partial charge in [0.05, 0.1) is 5.92 Å². The van der Waals surface area contributed by atoms with Gasteiger partial charge >= 0.3 is 0 Å². The Hall–Kier alpha value is -4.18. The molecule has 0 amide bonds. The summed E-state index contributed by atoms with van der Waals surface area (Å²) in [5.41, 5.74) is 11.2. The van der Waals surface area contributed by atoms with Gasteiger partial charge in [0.1, 0.15) is 23.2 Å². The number of hydrogen-bond donors (Lipinski definition) is 1. The van der Waals surface area contributed by atoms with Crippen LogP contribution >= 0.6 is 0 Å². The molecule has 0 saturated carbocycles. The molecule has 7 heteroatoms. The Labute approximate surface area is 187 Å². The molecule has 3 aromatic rings. The first-order valence-electron chi connectivity index (χ1n) is 10.3. The molecular formula is C25H24N6O. The van der Waals surface area contributed by atoms with Crippen LogP contribution < -0.4 is 5.73 Å². The zero-order chi connectivity index (χ0) is 22.7. The molecule has 1 atom stereocenters. The van der Waals surface area contributed by atoms with Crippen LogP contribution in [0.3, 0.4) is 0 Å². The highest BCUT2D eigenvalue weighted by Gasteiger charge is 2.34. The number of aromatic nitrogens is 3.